The summed E-state index contributed by atoms with van der Waals surface area (Å²) < 4.78 is 31.5. The summed E-state index contributed by atoms with van der Waals surface area (Å²) in [6, 6.07) is 7.57. The molecule has 6 nitrogen and oxygen atoms in total. The Balaban J connectivity index is 2.38. The Morgan fingerprint density at radius 3 is 2.25 bits per heavy atom. The fourth-order valence-electron chi connectivity index (χ4n) is 1.74. The topological polar surface area (TPSA) is 96.6 Å². The number of carbonyl (C=O) groups is 1. The highest BCUT2D eigenvalue weighted by Crippen LogP contribution is 2.24. The number of aryl methyl sites for hydroxylation is 2. The minimum absolute atomic E-state index is 0.424. The summed E-state index contributed by atoms with van der Waals surface area (Å²) in [5.41, 5.74) is 1.98. The monoisotopic (exact) mass is 295 g/mol. The van der Waals surface area contributed by atoms with E-state index in [1.54, 1.807) is 26.0 Å². The molecule has 2 N–H and O–H groups in total. The van der Waals surface area contributed by atoms with Gasteiger partial charge in [-0.15, -0.1) is 0 Å². The third-order valence-electron chi connectivity index (χ3n) is 2.77. The standard InChI is InChI=1S/C13H13NO5S/c1-8-4-3-5-9(2)12(8)14-20(17,18)11-7-6-10(19-11)13(15)16/h3-7,14H,1-2H3,(H,15,16). The number of aromatic carboxylic acids is 1. The van der Waals surface area contributed by atoms with Gasteiger partial charge < -0.3 is 9.52 Å². The second-order valence-electron chi connectivity index (χ2n) is 4.30. The first-order valence-electron chi connectivity index (χ1n) is 5.73. The van der Waals surface area contributed by atoms with Crippen molar-refractivity contribution in [2.24, 2.45) is 0 Å². The van der Waals surface area contributed by atoms with Gasteiger partial charge in [0.2, 0.25) is 10.9 Å². The molecule has 0 spiro atoms. The quantitative estimate of drug-likeness (QED) is 0.902. The molecule has 1 heterocycles. The van der Waals surface area contributed by atoms with E-state index in [9.17, 15) is 13.2 Å². The van der Waals surface area contributed by atoms with Crippen molar-refractivity contribution in [1.29, 1.82) is 0 Å². The van der Waals surface area contributed by atoms with Crippen LogP contribution >= 0.6 is 0 Å². The summed E-state index contributed by atoms with van der Waals surface area (Å²) in [7, 11) is -3.95. The molecule has 2 rings (SSSR count). The Kier molecular flexibility index (Phi) is 3.54. The lowest BCUT2D eigenvalue weighted by Crippen LogP contribution is -2.14. The molecule has 0 radical (unpaired) electrons. The number of hydrogen-bond donors (Lipinski definition) is 2. The molecule has 20 heavy (non-hydrogen) atoms. The van der Waals surface area contributed by atoms with Crippen LogP contribution < -0.4 is 4.72 Å². The number of anilines is 1. The first kappa shape index (κ1) is 14.1. The van der Waals surface area contributed by atoms with Crippen molar-refractivity contribution in [3.8, 4) is 0 Å². The lowest BCUT2D eigenvalue weighted by molar-refractivity contribution is 0.0656. The van der Waals surface area contributed by atoms with E-state index in [2.05, 4.69) is 4.72 Å². The van der Waals surface area contributed by atoms with Crippen LogP contribution in [0.25, 0.3) is 0 Å². The fourth-order valence-corrected chi connectivity index (χ4v) is 2.88. The third kappa shape index (κ3) is 2.67. The highest BCUT2D eigenvalue weighted by molar-refractivity contribution is 7.92. The fraction of sp³-hybridized carbons (Fsp3) is 0.154. The molecule has 0 saturated carbocycles. The minimum atomic E-state index is -3.95. The van der Waals surface area contributed by atoms with Crippen LogP contribution in [0.3, 0.4) is 0 Å². The summed E-state index contributed by atoms with van der Waals surface area (Å²) in [6.07, 6.45) is 0. The van der Waals surface area contributed by atoms with Crippen LogP contribution in [0.4, 0.5) is 5.69 Å². The maximum absolute atomic E-state index is 12.1. The number of rotatable bonds is 4. The number of sulfonamides is 1. The average Bonchev–Trinajstić information content (AvgIpc) is 2.84. The lowest BCUT2D eigenvalue weighted by atomic mass is 10.1. The van der Waals surface area contributed by atoms with Gasteiger partial charge in [-0.1, -0.05) is 18.2 Å². The first-order chi connectivity index (χ1) is 9.31. The van der Waals surface area contributed by atoms with Crippen LogP contribution in [0.2, 0.25) is 0 Å². The molecule has 7 heteroatoms. The molecule has 2 aromatic rings. The number of carboxylic acid groups (broad SMARTS) is 1. The molecule has 0 aliphatic carbocycles. The van der Waals surface area contributed by atoms with E-state index >= 15 is 0 Å². The van der Waals surface area contributed by atoms with E-state index in [1.165, 1.54) is 0 Å². The van der Waals surface area contributed by atoms with Crippen molar-refractivity contribution >= 4 is 21.7 Å². The van der Waals surface area contributed by atoms with E-state index in [0.717, 1.165) is 23.3 Å². The SMILES string of the molecule is Cc1cccc(C)c1NS(=O)(=O)c1ccc(C(=O)O)o1. The summed E-state index contributed by atoms with van der Waals surface area (Å²) in [6.45, 7) is 3.55. The summed E-state index contributed by atoms with van der Waals surface area (Å²) >= 11 is 0. The molecule has 0 unspecified atom stereocenters. The first-order valence-corrected chi connectivity index (χ1v) is 7.22. The number of carboxylic acids is 1. The van der Waals surface area contributed by atoms with Gasteiger partial charge in [0.05, 0.1) is 5.69 Å². The molecule has 0 aliphatic rings. The number of para-hydroxylation sites is 1. The molecule has 0 aliphatic heterocycles. The summed E-state index contributed by atoms with van der Waals surface area (Å²) in [4.78, 5) is 10.7. The molecule has 0 atom stereocenters. The Morgan fingerprint density at radius 1 is 1.15 bits per heavy atom. The second kappa shape index (κ2) is 5.01. The van der Waals surface area contributed by atoms with Crippen LogP contribution in [0, 0.1) is 13.8 Å². The van der Waals surface area contributed by atoms with E-state index in [1.807, 2.05) is 6.07 Å². The van der Waals surface area contributed by atoms with Crippen molar-refractivity contribution in [3.63, 3.8) is 0 Å². The van der Waals surface area contributed by atoms with E-state index in [0.29, 0.717) is 5.69 Å². The Morgan fingerprint density at radius 2 is 1.75 bits per heavy atom. The number of hydrogen-bond acceptors (Lipinski definition) is 4. The van der Waals surface area contributed by atoms with Gasteiger partial charge in [-0.2, -0.15) is 8.42 Å². The molecule has 106 valence electrons. The highest BCUT2D eigenvalue weighted by atomic mass is 32.2. The Hall–Kier alpha value is -2.28. The van der Waals surface area contributed by atoms with Crippen molar-refractivity contribution in [3.05, 3.63) is 47.2 Å². The average molecular weight is 295 g/mol. The van der Waals surface area contributed by atoms with Crippen LogP contribution in [-0.2, 0) is 10.0 Å². The molecular weight excluding hydrogens is 282 g/mol. The zero-order valence-corrected chi connectivity index (χ0v) is 11.7. The summed E-state index contributed by atoms with van der Waals surface area (Å²) in [5, 5.41) is 8.30. The molecule has 0 amide bonds. The van der Waals surface area contributed by atoms with Crippen molar-refractivity contribution in [2.45, 2.75) is 18.9 Å². The van der Waals surface area contributed by atoms with Crippen LogP contribution in [0.5, 0.6) is 0 Å². The molecule has 0 saturated heterocycles. The summed E-state index contributed by atoms with van der Waals surface area (Å²) in [5.74, 6) is -1.74. The van der Waals surface area contributed by atoms with Gasteiger partial charge in [-0.25, -0.2) is 4.79 Å². The molecule has 1 aromatic heterocycles. The number of furan rings is 1. The minimum Gasteiger partial charge on any atom is -0.475 e. The zero-order chi connectivity index (χ0) is 14.9. The van der Waals surface area contributed by atoms with Crippen molar-refractivity contribution < 1.29 is 22.7 Å². The number of nitrogens with one attached hydrogen (secondary N) is 1. The van der Waals surface area contributed by atoms with Crippen molar-refractivity contribution in [1.82, 2.24) is 0 Å². The van der Waals surface area contributed by atoms with Gasteiger partial charge in [0.25, 0.3) is 10.0 Å². The van der Waals surface area contributed by atoms with Gasteiger partial charge >= 0.3 is 5.97 Å². The Bertz CT molecular complexity index is 741. The maximum Gasteiger partial charge on any atom is 0.371 e. The maximum atomic E-state index is 12.1. The second-order valence-corrected chi connectivity index (χ2v) is 5.91. The highest BCUT2D eigenvalue weighted by Gasteiger charge is 2.22. The van der Waals surface area contributed by atoms with Gasteiger partial charge in [-0.05, 0) is 37.1 Å². The molecular formula is C13H13NO5S. The van der Waals surface area contributed by atoms with E-state index < -0.39 is 26.8 Å². The third-order valence-corrected chi connectivity index (χ3v) is 4.00. The van der Waals surface area contributed by atoms with Crippen molar-refractivity contribution in [2.75, 3.05) is 4.72 Å². The van der Waals surface area contributed by atoms with Gasteiger partial charge in [0.1, 0.15) is 0 Å². The van der Waals surface area contributed by atoms with Crippen LogP contribution in [-0.4, -0.2) is 19.5 Å². The Labute approximate surface area is 116 Å². The molecule has 0 fully saturated rings. The predicted octanol–water partition coefficient (Wildman–Crippen LogP) is 2.40. The molecule has 0 bridgehead atoms. The normalized spacial score (nSPS) is 11.3. The lowest BCUT2D eigenvalue weighted by Gasteiger charge is -2.11. The van der Waals surface area contributed by atoms with Crippen LogP contribution in [0.15, 0.2) is 39.8 Å². The van der Waals surface area contributed by atoms with E-state index in [4.69, 9.17) is 9.52 Å². The smallest absolute Gasteiger partial charge is 0.371 e. The molecule has 1 aromatic carbocycles. The largest absolute Gasteiger partial charge is 0.475 e. The van der Waals surface area contributed by atoms with Gasteiger partial charge in [-0.3, -0.25) is 4.72 Å². The zero-order valence-electron chi connectivity index (χ0n) is 10.9. The van der Waals surface area contributed by atoms with Gasteiger partial charge in [0.15, 0.2) is 0 Å². The van der Waals surface area contributed by atoms with Gasteiger partial charge in [0, 0.05) is 0 Å². The van der Waals surface area contributed by atoms with E-state index in [-0.39, 0.29) is 0 Å². The van der Waals surface area contributed by atoms with Crippen LogP contribution in [0.1, 0.15) is 21.7 Å². The predicted molar refractivity (Wildman–Crippen MR) is 72.4 cm³/mol. The number of benzene rings is 1.